The van der Waals surface area contributed by atoms with E-state index in [9.17, 15) is 4.79 Å². The predicted molar refractivity (Wildman–Crippen MR) is 79.7 cm³/mol. The molecule has 0 unspecified atom stereocenters. The van der Waals surface area contributed by atoms with Crippen LogP contribution in [0, 0.1) is 12.3 Å². The van der Waals surface area contributed by atoms with Gasteiger partial charge in [-0.15, -0.1) is 11.8 Å². The summed E-state index contributed by atoms with van der Waals surface area (Å²) in [6, 6.07) is 0. The zero-order chi connectivity index (χ0) is 14.8. The van der Waals surface area contributed by atoms with Gasteiger partial charge in [0.2, 0.25) is 0 Å². The Morgan fingerprint density at radius 2 is 2.25 bits per heavy atom. The molecule has 0 aromatic carbocycles. The molecular formula is C14H23N3O2S. The maximum Gasteiger partial charge on any atom is 0.306 e. The van der Waals surface area contributed by atoms with E-state index in [0.29, 0.717) is 6.42 Å². The van der Waals surface area contributed by atoms with Gasteiger partial charge in [0, 0.05) is 24.9 Å². The maximum absolute atomic E-state index is 11.5. The lowest BCUT2D eigenvalue weighted by atomic mass is 10.1. The van der Waals surface area contributed by atoms with Crippen molar-refractivity contribution >= 4 is 17.7 Å². The standard InChI is InChI=1S/C14H23N3O2S/c1-10-11(8-15-2)13(17(3)16-10)20-9-14(5-6-14)7-12(18)19-4/h15H,5-9H2,1-4H3. The Morgan fingerprint density at radius 3 is 2.80 bits per heavy atom. The second-order valence-electron chi connectivity index (χ2n) is 5.56. The van der Waals surface area contributed by atoms with Crippen LogP contribution < -0.4 is 5.32 Å². The Kier molecular flexibility index (Phi) is 4.75. The molecule has 0 spiro atoms. The van der Waals surface area contributed by atoms with Crippen molar-refractivity contribution in [3.05, 3.63) is 11.3 Å². The molecule has 20 heavy (non-hydrogen) atoms. The summed E-state index contributed by atoms with van der Waals surface area (Å²) >= 11 is 1.81. The largest absolute Gasteiger partial charge is 0.469 e. The zero-order valence-corrected chi connectivity index (χ0v) is 13.5. The fraction of sp³-hybridized carbons (Fsp3) is 0.714. The topological polar surface area (TPSA) is 56.2 Å². The van der Waals surface area contributed by atoms with E-state index >= 15 is 0 Å². The first-order valence-electron chi connectivity index (χ1n) is 6.88. The molecule has 0 saturated heterocycles. The smallest absolute Gasteiger partial charge is 0.306 e. The molecule has 112 valence electrons. The van der Waals surface area contributed by atoms with Crippen molar-refractivity contribution in [2.24, 2.45) is 12.5 Å². The van der Waals surface area contributed by atoms with Gasteiger partial charge in [0.25, 0.3) is 0 Å². The molecule has 0 atom stereocenters. The lowest BCUT2D eigenvalue weighted by molar-refractivity contribution is -0.141. The van der Waals surface area contributed by atoms with Crippen LogP contribution in [0.1, 0.15) is 30.5 Å². The molecule has 6 heteroatoms. The van der Waals surface area contributed by atoms with Crippen LogP contribution in [-0.4, -0.2) is 35.7 Å². The highest BCUT2D eigenvalue weighted by Gasteiger charge is 2.44. The molecule has 0 radical (unpaired) electrons. The second-order valence-corrected chi connectivity index (χ2v) is 6.53. The van der Waals surface area contributed by atoms with Crippen LogP contribution in [0.4, 0.5) is 0 Å². The van der Waals surface area contributed by atoms with Crippen molar-refractivity contribution < 1.29 is 9.53 Å². The summed E-state index contributed by atoms with van der Waals surface area (Å²) in [7, 11) is 5.38. The van der Waals surface area contributed by atoms with Crippen molar-refractivity contribution in [2.75, 3.05) is 19.9 Å². The second kappa shape index (κ2) is 6.18. The normalized spacial score (nSPS) is 16.2. The third kappa shape index (κ3) is 3.35. The molecule has 0 amide bonds. The SMILES string of the molecule is CNCc1c(C)nn(C)c1SCC1(CC(=O)OC)CC1. The molecule has 5 nitrogen and oxygen atoms in total. The van der Waals surface area contributed by atoms with Gasteiger partial charge < -0.3 is 10.1 Å². The minimum Gasteiger partial charge on any atom is -0.469 e. The van der Waals surface area contributed by atoms with Crippen LogP contribution in [-0.2, 0) is 23.1 Å². The molecule has 1 aliphatic carbocycles. The molecule has 1 aromatic heterocycles. The fourth-order valence-corrected chi connectivity index (χ4v) is 3.85. The maximum atomic E-state index is 11.5. The van der Waals surface area contributed by atoms with Gasteiger partial charge in [-0.2, -0.15) is 5.10 Å². The summed E-state index contributed by atoms with van der Waals surface area (Å²) in [5.41, 5.74) is 2.48. The van der Waals surface area contributed by atoms with Crippen molar-refractivity contribution in [1.29, 1.82) is 0 Å². The number of hydrogen-bond acceptors (Lipinski definition) is 5. The predicted octanol–water partition coefficient (Wildman–Crippen LogP) is 1.88. The van der Waals surface area contributed by atoms with Crippen LogP contribution in [0.3, 0.4) is 0 Å². The van der Waals surface area contributed by atoms with Crippen LogP contribution in [0.5, 0.6) is 0 Å². The molecule has 1 aromatic rings. The van der Waals surface area contributed by atoms with E-state index in [1.54, 1.807) is 0 Å². The van der Waals surface area contributed by atoms with Gasteiger partial charge in [0.1, 0.15) is 0 Å². The van der Waals surface area contributed by atoms with Gasteiger partial charge in [-0.25, -0.2) is 0 Å². The number of carbonyl (C=O) groups is 1. The van der Waals surface area contributed by atoms with Gasteiger partial charge in [0.15, 0.2) is 0 Å². The quantitative estimate of drug-likeness (QED) is 0.615. The monoisotopic (exact) mass is 297 g/mol. The van der Waals surface area contributed by atoms with Gasteiger partial charge in [-0.3, -0.25) is 9.48 Å². The van der Waals surface area contributed by atoms with E-state index in [1.165, 1.54) is 17.7 Å². The summed E-state index contributed by atoms with van der Waals surface area (Å²) in [6.45, 7) is 2.87. The Labute approximate surface area is 124 Å². The van der Waals surface area contributed by atoms with Crippen molar-refractivity contribution in [3.8, 4) is 0 Å². The van der Waals surface area contributed by atoms with Crippen LogP contribution in [0.2, 0.25) is 0 Å². The number of esters is 1. The average Bonchev–Trinajstić information content (AvgIpc) is 3.11. The number of carbonyl (C=O) groups excluding carboxylic acids is 1. The summed E-state index contributed by atoms with van der Waals surface area (Å²) in [6.07, 6.45) is 2.77. The van der Waals surface area contributed by atoms with Crippen molar-refractivity contribution in [1.82, 2.24) is 15.1 Å². The first-order valence-corrected chi connectivity index (χ1v) is 7.86. The van der Waals surface area contributed by atoms with E-state index in [-0.39, 0.29) is 11.4 Å². The van der Waals surface area contributed by atoms with E-state index in [0.717, 1.165) is 30.8 Å². The van der Waals surface area contributed by atoms with Crippen molar-refractivity contribution in [2.45, 2.75) is 37.8 Å². The van der Waals surface area contributed by atoms with Crippen molar-refractivity contribution in [3.63, 3.8) is 0 Å². The van der Waals surface area contributed by atoms with Gasteiger partial charge in [0.05, 0.1) is 24.3 Å². The first kappa shape index (κ1) is 15.4. The van der Waals surface area contributed by atoms with Crippen LogP contribution in [0.15, 0.2) is 5.03 Å². The minimum atomic E-state index is -0.0975. The summed E-state index contributed by atoms with van der Waals surface area (Å²) in [4.78, 5) is 11.5. The zero-order valence-electron chi connectivity index (χ0n) is 12.7. The van der Waals surface area contributed by atoms with Crippen LogP contribution in [0.25, 0.3) is 0 Å². The molecule has 0 aliphatic heterocycles. The third-order valence-corrected chi connectivity index (χ3v) is 5.40. The van der Waals surface area contributed by atoms with E-state index in [4.69, 9.17) is 4.74 Å². The molecule has 2 rings (SSSR count). The molecule has 1 aliphatic rings. The Bertz CT molecular complexity index is 495. The molecule has 1 N–H and O–H groups in total. The third-order valence-electron chi connectivity index (χ3n) is 3.86. The summed E-state index contributed by atoms with van der Waals surface area (Å²) in [5, 5.41) is 8.89. The number of nitrogens with zero attached hydrogens (tertiary/aromatic N) is 2. The lowest BCUT2D eigenvalue weighted by Crippen LogP contribution is -2.14. The number of aromatic nitrogens is 2. The van der Waals surface area contributed by atoms with Gasteiger partial charge >= 0.3 is 5.97 Å². The van der Waals surface area contributed by atoms with Gasteiger partial charge in [-0.05, 0) is 32.2 Å². The highest BCUT2D eigenvalue weighted by molar-refractivity contribution is 7.99. The molecule has 1 heterocycles. The molecule has 1 fully saturated rings. The Morgan fingerprint density at radius 1 is 1.55 bits per heavy atom. The number of ether oxygens (including phenoxy) is 1. The number of hydrogen-bond donors (Lipinski definition) is 1. The number of methoxy groups -OCH3 is 1. The lowest BCUT2D eigenvalue weighted by Gasteiger charge is -2.14. The molecule has 0 bridgehead atoms. The summed E-state index contributed by atoms with van der Waals surface area (Å²) < 4.78 is 6.74. The first-order chi connectivity index (χ1) is 9.51. The number of nitrogens with one attached hydrogen (secondary N) is 1. The highest BCUT2D eigenvalue weighted by atomic mass is 32.2. The van der Waals surface area contributed by atoms with E-state index < -0.39 is 0 Å². The fourth-order valence-electron chi connectivity index (χ4n) is 2.39. The Balaban J connectivity index is 2.02. The number of aryl methyl sites for hydroxylation is 2. The Hall–Kier alpha value is -1.01. The molecule has 1 saturated carbocycles. The number of thioether (sulfide) groups is 1. The highest BCUT2D eigenvalue weighted by Crippen LogP contribution is 2.52. The van der Waals surface area contributed by atoms with E-state index in [2.05, 4.69) is 10.4 Å². The van der Waals surface area contributed by atoms with Crippen LogP contribution >= 0.6 is 11.8 Å². The minimum absolute atomic E-state index is 0.0975. The van der Waals surface area contributed by atoms with E-state index in [1.807, 2.05) is 37.5 Å². The molecular weight excluding hydrogens is 274 g/mol. The summed E-state index contributed by atoms with van der Waals surface area (Å²) in [5.74, 6) is 0.859. The average molecular weight is 297 g/mol. The van der Waals surface area contributed by atoms with Gasteiger partial charge in [-0.1, -0.05) is 0 Å². The number of rotatable bonds is 7.